The highest BCUT2D eigenvalue weighted by molar-refractivity contribution is 8.08. The van der Waals surface area contributed by atoms with E-state index in [0.717, 1.165) is 0 Å². The lowest BCUT2D eigenvalue weighted by Crippen LogP contribution is -2.37. The van der Waals surface area contributed by atoms with E-state index < -0.39 is 24.5 Å². The fourth-order valence-electron chi connectivity index (χ4n) is 0.665. The van der Waals surface area contributed by atoms with Gasteiger partial charge in [-0.25, -0.2) is 8.42 Å². The van der Waals surface area contributed by atoms with E-state index in [2.05, 4.69) is 11.9 Å². The Labute approximate surface area is 77.3 Å². The Morgan fingerprint density at radius 3 is 2.15 bits per heavy atom. The summed E-state index contributed by atoms with van der Waals surface area (Å²) in [6.07, 6.45) is 0. The molecule has 13 heavy (non-hydrogen) atoms. The maximum Gasteiger partial charge on any atom is 0.284 e. The number of hydrogen-bond donors (Lipinski definition) is 2. The van der Waals surface area contributed by atoms with Crippen molar-refractivity contribution in [2.24, 2.45) is 0 Å². The molecule has 2 N–H and O–H groups in total. The van der Waals surface area contributed by atoms with Gasteiger partial charge in [-0.1, -0.05) is 6.58 Å². The Kier molecular flexibility index (Phi) is 4.04. The van der Waals surface area contributed by atoms with E-state index in [1.807, 2.05) is 0 Å². The lowest BCUT2D eigenvalue weighted by Gasteiger charge is -2.10. The number of rotatable bonds is 5. The van der Waals surface area contributed by atoms with Gasteiger partial charge in [-0.2, -0.15) is 8.42 Å². The number of hydrogen-bond acceptors (Lipinski definition) is 5. The van der Waals surface area contributed by atoms with Gasteiger partial charge >= 0.3 is 0 Å². The molecule has 0 saturated carbocycles. The highest BCUT2D eigenvalue weighted by Crippen LogP contribution is 2.08. The average Bonchev–Trinajstić information content (AvgIpc) is 1.98. The highest BCUT2D eigenvalue weighted by atomic mass is 32.3. The topological polar surface area (TPSA) is 101 Å². The summed E-state index contributed by atoms with van der Waals surface area (Å²) in [5, 5.41) is 2.85. The Hall–Kier alpha value is -0.440. The van der Waals surface area contributed by atoms with Crippen molar-refractivity contribution in [1.29, 1.82) is 0 Å². The summed E-state index contributed by atoms with van der Waals surface area (Å²) < 4.78 is 50.0. The largest absolute Gasteiger partial charge is 0.317 e. The van der Waals surface area contributed by atoms with E-state index in [9.17, 15) is 16.8 Å². The van der Waals surface area contributed by atoms with Crippen LogP contribution in [-0.4, -0.2) is 39.6 Å². The smallest absolute Gasteiger partial charge is 0.284 e. The first-order valence-corrected chi connectivity index (χ1v) is 6.34. The first-order chi connectivity index (χ1) is 5.75. The molecular weight excluding hydrogens is 218 g/mol. The normalized spacial score (nSPS) is 15.2. The molecule has 0 bridgehead atoms. The summed E-state index contributed by atoms with van der Waals surface area (Å²) in [4.78, 5) is 0. The van der Waals surface area contributed by atoms with Crippen molar-refractivity contribution in [2.75, 3.05) is 13.6 Å². The monoisotopic (exact) mass is 229 g/mol. The lowest BCUT2D eigenvalue weighted by atomic mass is 10.7. The third-order valence-electron chi connectivity index (χ3n) is 1.30. The van der Waals surface area contributed by atoms with Crippen molar-refractivity contribution in [3.8, 4) is 0 Å². The molecule has 0 aromatic rings. The zero-order valence-electron chi connectivity index (χ0n) is 6.97. The van der Waals surface area contributed by atoms with Crippen LogP contribution in [0.2, 0.25) is 0 Å². The highest BCUT2D eigenvalue weighted by Gasteiger charge is 2.33. The van der Waals surface area contributed by atoms with Crippen molar-refractivity contribution in [3.05, 3.63) is 12.0 Å². The fraction of sp³-hybridized carbons (Fsp3) is 0.600. The molecule has 0 spiro atoms. The van der Waals surface area contributed by atoms with E-state index in [4.69, 9.17) is 4.55 Å². The summed E-state index contributed by atoms with van der Waals surface area (Å²) in [6, 6.07) is 0. The van der Waals surface area contributed by atoms with Gasteiger partial charge < -0.3 is 5.32 Å². The standard InChI is InChI=1S/C5H11NO5S2/c1-3-12(7,8)5(4-6-2)13(9,10)11/h3,5-6H,1,4H2,2H3,(H,9,10,11). The van der Waals surface area contributed by atoms with Gasteiger partial charge in [0, 0.05) is 12.0 Å². The molecule has 0 saturated heterocycles. The molecule has 0 aromatic heterocycles. The SMILES string of the molecule is C=CS(=O)(=O)C(CNC)S(=O)(=O)O. The van der Waals surface area contributed by atoms with Crippen molar-refractivity contribution < 1.29 is 21.4 Å². The maximum atomic E-state index is 11.0. The van der Waals surface area contributed by atoms with E-state index in [1.54, 1.807) is 0 Å². The molecular formula is C5H11NO5S2. The third kappa shape index (κ3) is 3.43. The third-order valence-corrected chi connectivity index (χ3v) is 5.03. The minimum atomic E-state index is -4.62. The molecule has 0 aromatic carbocycles. The van der Waals surface area contributed by atoms with Crippen LogP contribution in [0.3, 0.4) is 0 Å². The van der Waals surface area contributed by atoms with Crippen LogP contribution in [-0.2, 0) is 20.0 Å². The molecule has 0 aliphatic carbocycles. The van der Waals surface area contributed by atoms with Crippen LogP contribution in [0.25, 0.3) is 0 Å². The lowest BCUT2D eigenvalue weighted by molar-refractivity contribution is 0.475. The molecule has 0 amide bonds. The van der Waals surface area contributed by atoms with E-state index in [-0.39, 0.29) is 6.54 Å². The van der Waals surface area contributed by atoms with Crippen LogP contribution in [0.15, 0.2) is 12.0 Å². The van der Waals surface area contributed by atoms with Gasteiger partial charge in [0.1, 0.15) is 0 Å². The molecule has 0 rings (SSSR count). The van der Waals surface area contributed by atoms with E-state index in [0.29, 0.717) is 5.41 Å². The second kappa shape index (κ2) is 4.18. The minimum Gasteiger partial charge on any atom is -0.317 e. The molecule has 1 atom stereocenters. The Morgan fingerprint density at radius 1 is 1.46 bits per heavy atom. The Morgan fingerprint density at radius 2 is 1.92 bits per heavy atom. The first kappa shape index (κ1) is 12.6. The molecule has 6 nitrogen and oxygen atoms in total. The number of nitrogens with one attached hydrogen (secondary N) is 1. The second-order valence-corrected chi connectivity index (χ2v) is 6.24. The molecule has 78 valence electrons. The van der Waals surface area contributed by atoms with Gasteiger partial charge in [-0.05, 0) is 7.05 Å². The van der Waals surface area contributed by atoms with Crippen molar-refractivity contribution in [2.45, 2.75) is 4.58 Å². The zero-order valence-corrected chi connectivity index (χ0v) is 8.60. The molecule has 0 fully saturated rings. The molecule has 0 heterocycles. The molecule has 8 heteroatoms. The van der Waals surface area contributed by atoms with Gasteiger partial charge in [0.2, 0.25) is 4.58 Å². The van der Waals surface area contributed by atoms with Gasteiger partial charge in [-0.3, -0.25) is 4.55 Å². The predicted octanol–water partition coefficient (Wildman–Crippen LogP) is -1.02. The summed E-state index contributed by atoms with van der Waals surface area (Å²) >= 11 is 0. The summed E-state index contributed by atoms with van der Waals surface area (Å²) in [7, 11) is -7.26. The van der Waals surface area contributed by atoms with Crippen molar-refractivity contribution >= 4 is 20.0 Å². The van der Waals surface area contributed by atoms with Gasteiger partial charge in [0.05, 0.1) is 0 Å². The summed E-state index contributed by atoms with van der Waals surface area (Å²) in [5.74, 6) is 0. The second-order valence-electron chi connectivity index (χ2n) is 2.26. The average molecular weight is 229 g/mol. The molecule has 1 unspecified atom stereocenters. The van der Waals surface area contributed by atoms with Crippen LogP contribution in [0.5, 0.6) is 0 Å². The summed E-state index contributed by atoms with van der Waals surface area (Å²) in [6.45, 7) is 2.58. The van der Waals surface area contributed by atoms with Crippen LogP contribution in [0, 0.1) is 0 Å². The maximum absolute atomic E-state index is 11.0. The number of sulfone groups is 1. The van der Waals surface area contributed by atoms with Crippen LogP contribution >= 0.6 is 0 Å². The van der Waals surface area contributed by atoms with E-state index in [1.165, 1.54) is 7.05 Å². The molecule has 0 aliphatic rings. The van der Waals surface area contributed by atoms with Crippen LogP contribution in [0.4, 0.5) is 0 Å². The molecule has 0 aliphatic heterocycles. The van der Waals surface area contributed by atoms with Crippen molar-refractivity contribution in [1.82, 2.24) is 5.32 Å². The van der Waals surface area contributed by atoms with E-state index >= 15 is 0 Å². The van der Waals surface area contributed by atoms with Crippen LogP contribution < -0.4 is 5.32 Å². The van der Waals surface area contributed by atoms with Crippen LogP contribution in [0.1, 0.15) is 0 Å². The van der Waals surface area contributed by atoms with Gasteiger partial charge in [0.15, 0.2) is 9.84 Å². The first-order valence-electron chi connectivity index (χ1n) is 3.23. The van der Waals surface area contributed by atoms with Gasteiger partial charge in [0.25, 0.3) is 10.1 Å². The minimum absolute atomic E-state index is 0.382. The van der Waals surface area contributed by atoms with Gasteiger partial charge in [-0.15, -0.1) is 0 Å². The van der Waals surface area contributed by atoms with Crippen molar-refractivity contribution in [3.63, 3.8) is 0 Å². The fourth-order valence-corrected chi connectivity index (χ4v) is 3.25. The Bertz CT molecular complexity index is 368. The summed E-state index contributed by atoms with van der Waals surface area (Å²) in [5.41, 5.74) is 0. The Balaban J connectivity index is 5.19. The molecule has 0 radical (unpaired) electrons. The zero-order chi connectivity index (χ0) is 10.7. The predicted molar refractivity (Wildman–Crippen MR) is 48.4 cm³/mol. The quantitative estimate of drug-likeness (QED) is 0.585.